The Kier molecular flexibility index (Phi) is 3.72. The van der Waals surface area contributed by atoms with E-state index in [-0.39, 0.29) is 18.3 Å². The van der Waals surface area contributed by atoms with Crippen molar-refractivity contribution in [1.82, 2.24) is 9.97 Å². The third-order valence-electron chi connectivity index (χ3n) is 1.46. The number of nitrogens with zero attached hydrogens (tertiary/aromatic N) is 2. The zero-order valence-corrected chi connectivity index (χ0v) is 9.06. The van der Waals surface area contributed by atoms with Gasteiger partial charge >= 0.3 is 6.18 Å². The maximum Gasteiger partial charge on any atom is 0.390 e. The average molecular weight is 285 g/mol. The van der Waals surface area contributed by atoms with Gasteiger partial charge in [-0.15, -0.1) is 0 Å². The molecule has 1 aromatic rings. The molecular weight excluding hydrogens is 277 g/mol. The molecule has 1 heterocycles. The summed E-state index contributed by atoms with van der Waals surface area (Å²) in [6.07, 6.45) is -3.74. The molecule has 15 heavy (non-hydrogen) atoms. The minimum atomic E-state index is -4.18. The molecule has 8 heteroatoms. The van der Waals surface area contributed by atoms with Crippen LogP contribution in [-0.2, 0) is 0 Å². The summed E-state index contributed by atoms with van der Waals surface area (Å²) in [4.78, 5) is 7.39. The number of aromatic nitrogens is 2. The standard InChI is InChI=1S/C7H8BrF3N4/c8-4-3-14-6(12)15-5(4)13-2-1-7(9,10)11/h3H,1-2H2,(H3,12,13,14,15). The van der Waals surface area contributed by atoms with Crippen LogP contribution in [0.3, 0.4) is 0 Å². The lowest BCUT2D eigenvalue weighted by molar-refractivity contribution is -0.131. The van der Waals surface area contributed by atoms with Crippen molar-refractivity contribution in [2.45, 2.75) is 12.6 Å². The number of anilines is 2. The van der Waals surface area contributed by atoms with E-state index in [2.05, 4.69) is 31.2 Å². The quantitative estimate of drug-likeness (QED) is 0.893. The van der Waals surface area contributed by atoms with Crippen LogP contribution in [0.15, 0.2) is 10.7 Å². The minimum Gasteiger partial charge on any atom is -0.369 e. The van der Waals surface area contributed by atoms with Crippen LogP contribution in [0.1, 0.15) is 6.42 Å². The number of nitrogens with two attached hydrogens (primary N) is 1. The molecule has 0 aliphatic carbocycles. The fourth-order valence-corrected chi connectivity index (χ4v) is 1.16. The van der Waals surface area contributed by atoms with Gasteiger partial charge in [0, 0.05) is 12.7 Å². The highest BCUT2D eigenvalue weighted by Gasteiger charge is 2.26. The molecule has 0 radical (unpaired) electrons. The largest absolute Gasteiger partial charge is 0.390 e. The van der Waals surface area contributed by atoms with Crippen molar-refractivity contribution in [3.8, 4) is 0 Å². The predicted molar refractivity (Wildman–Crippen MR) is 53.3 cm³/mol. The van der Waals surface area contributed by atoms with Crippen LogP contribution in [0.25, 0.3) is 0 Å². The van der Waals surface area contributed by atoms with Gasteiger partial charge in [-0.25, -0.2) is 4.98 Å². The third-order valence-corrected chi connectivity index (χ3v) is 2.04. The van der Waals surface area contributed by atoms with Crippen molar-refractivity contribution in [1.29, 1.82) is 0 Å². The van der Waals surface area contributed by atoms with Crippen LogP contribution in [0.5, 0.6) is 0 Å². The molecule has 0 aliphatic heterocycles. The Morgan fingerprint density at radius 2 is 2.13 bits per heavy atom. The number of nitrogen functional groups attached to an aromatic ring is 1. The molecule has 1 aromatic heterocycles. The lowest BCUT2D eigenvalue weighted by Gasteiger charge is -2.09. The fraction of sp³-hybridized carbons (Fsp3) is 0.429. The monoisotopic (exact) mass is 284 g/mol. The number of rotatable bonds is 3. The van der Waals surface area contributed by atoms with Crippen molar-refractivity contribution in [3.63, 3.8) is 0 Å². The van der Waals surface area contributed by atoms with E-state index < -0.39 is 12.6 Å². The lowest BCUT2D eigenvalue weighted by Crippen LogP contribution is -2.15. The summed E-state index contributed by atoms with van der Waals surface area (Å²) in [6, 6.07) is 0. The van der Waals surface area contributed by atoms with Gasteiger partial charge in [0.1, 0.15) is 5.82 Å². The Labute approximate surface area is 92.2 Å². The Bertz CT molecular complexity index is 341. The molecule has 84 valence electrons. The summed E-state index contributed by atoms with van der Waals surface area (Å²) < 4.78 is 36.0. The van der Waals surface area contributed by atoms with Crippen LogP contribution in [0.2, 0.25) is 0 Å². The first-order valence-corrected chi connectivity index (χ1v) is 4.76. The van der Waals surface area contributed by atoms with Gasteiger partial charge in [-0.3, -0.25) is 0 Å². The molecule has 0 unspecified atom stereocenters. The smallest absolute Gasteiger partial charge is 0.369 e. The molecule has 1 rings (SSSR count). The maximum absolute atomic E-state index is 11.8. The molecular formula is C7H8BrF3N4. The molecule has 0 saturated carbocycles. The van der Waals surface area contributed by atoms with Crippen molar-refractivity contribution in [3.05, 3.63) is 10.7 Å². The van der Waals surface area contributed by atoms with E-state index in [9.17, 15) is 13.2 Å². The van der Waals surface area contributed by atoms with E-state index in [1.165, 1.54) is 6.20 Å². The first kappa shape index (κ1) is 12.0. The zero-order chi connectivity index (χ0) is 11.5. The minimum absolute atomic E-state index is 0.00714. The first-order valence-electron chi connectivity index (χ1n) is 3.97. The Morgan fingerprint density at radius 3 is 2.73 bits per heavy atom. The SMILES string of the molecule is Nc1ncc(Br)c(NCCC(F)(F)F)n1. The number of hydrogen-bond donors (Lipinski definition) is 2. The topological polar surface area (TPSA) is 63.8 Å². The van der Waals surface area contributed by atoms with Gasteiger partial charge in [-0.1, -0.05) is 0 Å². The molecule has 0 aliphatic rings. The number of hydrogen-bond acceptors (Lipinski definition) is 4. The van der Waals surface area contributed by atoms with E-state index in [1.807, 2.05) is 0 Å². The van der Waals surface area contributed by atoms with E-state index >= 15 is 0 Å². The second-order valence-electron chi connectivity index (χ2n) is 2.72. The van der Waals surface area contributed by atoms with Crippen molar-refractivity contribution in [2.24, 2.45) is 0 Å². The van der Waals surface area contributed by atoms with E-state index in [1.54, 1.807) is 0 Å². The molecule has 0 atom stereocenters. The first-order chi connectivity index (χ1) is 6.88. The summed E-state index contributed by atoms with van der Waals surface area (Å²) >= 11 is 3.09. The molecule has 4 nitrogen and oxygen atoms in total. The Hall–Kier alpha value is -1.05. The highest BCUT2D eigenvalue weighted by atomic mass is 79.9. The van der Waals surface area contributed by atoms with Gasteiger partial charge in [-0.05, 0) is 15.9 Å². The van der Waals surface area contributed by atoms with Gasteiger partial charge in [-0.2, -0.15) is 18.2 Å². The molecule has 0 amide bonds. The Balaban J connectivity index is 2.54. The molecule has 0 spiro atoms. The molecule has 0 aromatic carbocycles. The number of alkyl halides is 3. The van der Waals surface area contributed by atoms with Crippen LogP contribution < -0.4 is 11.1 Å². The number of halogens is 4. The summed E-state index contributed by atoms with van der Waals surface area (Å²) in [6.45, 7) is -0.251. The van der Waals surface area contributed by atoms with Crippen molar-refractivity contribution in [2.75, 3.05) is 17.6 Å². The third kappa shape index (κ3) is 4.32. The van der Waals surface area contributed by atoms with Gasteiger partial charge in [0.25, 0.3) is 0 Å². The van der Waals surface area contributed by atoms with Crippen LogP contribution >= 0.6 is 15.9 Å². The highest BCUT2D eigenvalue weighted by molar-refractivity contribution is 9.10. The predicted octanol–water partition coefficient (Wildman–Crippen LogP) is 2.19. The van der Waals surface area contributed by atoms with E-state index in [0.29, 0.717) is 4.47 Å². The summed E-state index contributed by atoms with van der Waals surface area (Å²) in [5.74, 6) is 0.263. The van der Waals surface area contributed by atoms with Gasteiger partial charge in [0.15, 0.2) is 0 Å². The molecule has 0 bridgehead atoms. The number of nitrogens with one attached hydrogen (secondary N) is 1. The molecule has 3 N–H and O–H groups in total. The molecule has 0 fully saturated rings. The second kappa shape index (κ2) is 4.65. The van der Waals surface area contributed by atoms with Crippen LogP contribution in [0.4, 0.5) is 24.9 Å². The summed E-state index contributed by atoms with van der Waals surface area (Å²) in [5.41, 5.74) is 5.28. The highest BCUT2D eigenvalue weighted by Crippen LogP contribution is 2.22. The Morgan fingerprint density at radius 1 is 1.47 bits per heavy atom. The maximum atomic E-state index is 11.8. The molecule has 0 saturated heterocycles. The lowest BCUT2D eigenvalue weighted by atomic mass is 10.4. The average Bonchev–Trinajstić information content (AvgIpc) is 2.09. The second-order valence-corrected chi connectivity index (χ2v) is 3.57. The summed E-state index contributed by atoms with van der Waals surface area (Å²) in [7, 11) is 0. The summed E-state index contributed by atoms with van der Waals surface area (Å²) in [5, 5.41) is 2.51. The van der Waals surface area contributed by atoms with Crippen molar-refractivity contribution >= 4 is 27.7 Å². The normalized spacial score (nSPS) is 11.5. The fourth-order valence-electron chi connectivity index (χ4n) is 0.827. The van der Waals surface area contributed by atoms with E-state index in [0.717, 1.165) is 0 Å². The zero-order valence-electron chi connectivity index (χ0n) is 7.48. The van der Waals surface area contributed by atoms with Gasteiger partial charge < -0.3 is 11.1 Å². The van der Waals surface area contributed by atoms with Crippen molar-refractivity contribution < 1.29 is 13.2 Å². The van der Waals surface area contributed by atoms with Gasteiger partial charge in [0.05, 0.1) is 10.9 Å². The van der Waals surface area contributed by atoms with Crippen LogP contribution in [0, 0.1) is 0 Å². The van der Waals surface area contributed by atoms with Gasteiger partial charge in [0.2, 0.25) is 5.95 Å². The van der Waals surface area contributed by atoms with Crippen LogP contribution in [-0.4, -0.2) is 22.7 Å². The van der Waals surface area contributed by atoms with E-state index in [4.69, 9.17) is 5.73 Å².